The van der Waals surface area contributed by atoms with Crippen LogP contribution in [-0.4, -0.2) is 281 Å². The molecule has 10 rings (SSSR count). The van der Waals surface area contributed by atoms with Gasteiger partial charge in [0, 0.05) is 17.3 Å². The van der Waals surface area contributed by atoms with E-state index in [1.54, 1.807) is 0 Å². The van der Waals surface area contributed by atoms with Gasteiger partial charge in [0.2, 0.25) is 0 Å². The second-order valence-electron chi connectivity index (χ2n) is 26.4. The van der Waals surface area contributed by atoms with E-state index in [1.165, 1.54) is 18.1 Å². The first-order valence-electron chi connectivity index (χ1n) is 30.1. The molecule has 6 heterocycles. The highest BCUT2D eigenvalue weighted by atomic mass is 16.8. The summed E-state index contributed by atoms with van der Waals surface area (Å²) in [4.78, 5) is 13.0. The molecule has 8 fully saturated rings. The number of hydrogen-bond acceptors (Lipinski definition) is 27. The van der Waals surface area contributed by atoms with Crippen molar-refractivity contribution in [2.75, 3.05) is 39.6 Å². The molecule has 27 nitrogen and oxygen atoms in total. The van der Waals surface area contributed by atoms with E-state index in [4.69, 9.17) is 52.1 Å². The lowest BCUT2D eigenvalue weighted by Gasteiger charge is -2.64. The fraction of sp³-hybridized carbons (Fsp3) is 0.947. The Morgan fingerprint density at radius 3 is 1.85 bits per heavy atom. The maximum absolute atomic E-state index is 13.0. The largest absolute Gasteiger partial charge is 0.396 e. The molecule has 4 aliphatic carbocycles. The first-order chi connectivity index (χ1) is 39.7. The van der Waals surface area contributed by atoms with Gasteiger partial charge in [0.15, 0.2) is 37.2 Å². The van der Waals surface area contributed by atoms with Crippen molar-refractivity contribution in [3.05, 3.63) is 11.1 Å². The number of ketones is 1. The summed E-state index contributed by atoms with van der Waals surface area (Å²) in [6, 6.07) is 0. The number of fused-ring (bicyclic) bond motifs is 5. The van der Waals surface area contributed by atoms with Gasteiger partial charge in [-0.3, -0.25) is 4.79 Å². The maximum Gasteiger partial charge on any atom is 0.187 e. The molecular formula is C57H92O27. The van der Waals surface area contributed by atoms with E-state index >= 15 is 0 Å². The molecule has 0 aromatic heterocycles. The smallest absolute Gasteiger partial charge is 0.187 e. The summed E-state index contributed by atoms with van der Waals surface area (Å²) in [7, 11) is 0. The number of aliphatic hydroxyl groups is 15. The third-order valence-corrected chi connectivity index (χ3v) is 22.2. The van der Waals surface area contributed by atoms with E-state index in [-0.39, 0.29) is 28.4 Å². The average molecular weight is 1210 g/mol. The third-order valence-electron chi connectivity index (χ3n) is 22.2. The molecule has 0 bridgehead atoms. The summed E-state index contributed by atoms with van der Waals surface area (Å²) < 4.78 is 67.0. The highest BCUT2D eigenvalue weighted by molar-refractivity contribution is 5.83. The normalized spacial score (nSPS) is 53.1. The predicted molar refractivity (Wildman–Crippen MR) is 281 cm³/mol. The Labute approximate surface area is 487 Å². The minimum absolute atomic E-state index is 0.134. The van der Waals surface area contributed by atoms with E-state index in [0.29, 0.717) is 38.5 Å². The van der Waals surface area contributed by atoms with Crippen molar-refractivity contribution < 1.29 is 133 Å². The van der Waals surface area contributed by atoms with Crippen molar-refractivity contribution in [3.8, 4) is 0 Å². The van der Waals surface area contributed by atoms with Gasteiger partial charge in [0.25, 0.3) is 0 Å². The van der Waals surface area contributed by atoms with Crippen LogP contribution in [0, 0.1) is 33.5 Å². The molecule has 27 heteroatoms. The van der Waals surface area contributed by atoms with Crippen LogP contribution in [-0.2, 0) is 56.9 Å². The third kappa shape index (κ3) is 10.6. The van der Waals surface area contributed by atoms with Crippen molar-refractivity contribution >= 4 is 5.78 Å². The molecule has 0 radical (unpaired) electrons. The van der Waals surface area contributed by atoms with E-state index < -0.39 is 210 Å². The molecule has 84 heavy (non-hydrogen) atoms. The molecule has 0 aromatic carbocycles. The van der Waals surface area contributed by atoms with E-state index in [1.807, 2.05) is 6.92 Å². The van der Waals surface area contributed by atoms with Crippen molar-refractivity contribution in [1.29, 1.82) is 0 Å². The number of rotatable bonds is 16. The van der Waals surface area contributed by atoms with Gasteiger partial charge in [-0.25, -0.2) is 0 Å². The lowest BCUT2D eigenvalue weighted by atomic mass is 9.42. The van der Waals surface area contributed by atoms with Crippen LogP contribution in [0.1, 0.15) is 106 Å². The van der Waals surface area contributed by atoms with Crippen LogP contribution in [0.5, 0.6) is 0 Å². The number of Topliss-reactive ketones (excluding diaryl/α,β-unsaturated/α-hetero) is 1. The lowest BCUT2D eigenvalue weighted by Crippen LogP contribution is -2.67. The number of carbonyl (C=O) groups excluding carboxylic acids is 1. The predicted octanol–water partition coefficient (Wildman–Crippen LogP) is -4.01. The summed E-state index contributed by atoms with van der Waals surface area (Å²) in [6.45, 7) is 8.64. The first kappa shape index (κ1) is 65.3. The first-order valence-corrected chi connectivity index (χ1v) is 30.1. The molecule has 482 valence electrons. The topological polar surface area (TPSA) is 422 Å². The highest BCUT2D eigenvalue weighted by Gasteiger charge is 2.72. The monoisotopic (exact) mass is 1210 g/mol. The van der Waals surface area contributed by atoms with Crippen LogP contribution in [0.4, 0.5) is 0 Å². The molecule has 15 N–H and O–H groups in total. The zero-order chi connectivity index (χ0) is 60.9. The standard InChI is InChI=1S/C57H92O27/c1-7-27(61)30-16-23(2)57(84-30)15-14-54(5)26-8-9-33-53(4,25(26)10-13-55(54,57)6)12-11-34(56(33,21-59)22-60)80-50-44(73)41(70)38(67)32(79-50)20-76-51-46(37(66)29(63)19-75-51)82-52-47(83-49-43(72)40(69)35(64)24(3)77-49)45(39(68)31(17-58)78-52)81-48-42(71)36(65)28(62)18-74-48/h23-24,28-52,58-60,62-73H,7-22H2,1-6H3. The highest BCUT2D eigenvalue weighted by Crippen LogP contribution is 2.75. The van der Waals surface area contributed by atoms with Gasteiger partial charge in [-0.15, -0.1) is 0 Å². The Morgan fingerprint density at radius 1 is 0.571 bits per heavy atom. The number of ether oxygens (including phenoxy) is 11. The van der Waals surface area contributed by atoms with Gasteiger partial charge in [-0.1, -0.05) is 45.8 Å². The number of aliphatic hydroxyl groups excluding tert-OH is 15. The van der Waals surface area contributed by atoms with Gasteiger partial charge in [0.1, 0.15) is 110 Å². The van der Waals surface area contributed by atoms with Gasteiger partial charge in [-0.05, 0) is 87.4 Å². The molecule has 0 aromatic rings. The van der Waals surface area contributed by atoms with E-state index in [9.17, 15) is 81.4 Å². The number of hydrogen-bond donors (Lipinski definition) is 15. The molecule has 10 aliphatic rings. The van der Waals surface area contributed by atoms with Gasteiger partial charge >= 0.3 is 0 Å². The number of allylic oxidation sites excluding steroid dienone is 2. The van der Waals surface area contributed by atoms with E-state index in [2.05, 4.69) is 27.7 Å². The molecule has 31 atom stereocenters. The molecule has 31 unspecified atom stereocenters. The summed E-state index contributed by atoms with van der Waals surface area (Å²) in [5.41, 5.74) is 0.0358. The summed E-state index contributed by atoms with van der Waals surface area (Å²) >= 11 is 0. The number of carbonyl (C=O) groups is 1. The Balaban J connectivity index is 0.862. The lowest BCUT2D eigenvalue weighted by molar-refractivity contribution is -0.404. The van der Waals surface area contributed by atoms with Crippen molar-refractivity contribution in [2.45, 2.75) is 265 Å². The second-order valence-corrected chi connectivity index (χ2v) is 26.4. The van der Waals surface area contributed by atoms with Gasteiger partial charge < -0.3 is 129 Å². The Hall–Kier alpha value is -1.63. The van der Waals surface area contributed by atoms with Gasteiger partial charge in [0.05, 0.1) is 57.5 Å². The summed E-state index contributed by atoms with van der Waals surface area (Å²) in [5.74, 6) is 0.0203. The molecule has 0 amide bonds. The fourth-order valence-electron chi connectivity index (χ4n) is 16.9. The van der Waals surface area contributed by atoms with Crippen LogP contribution in [0.3, 0.4) is 0 Å². The fourth-order valence-corrected chi connectivity index (χ4v) is 16.9. The van der Waals surface area contributed by atoms with Crippen molar-refractivity contribution in [2.24, 2.45) is 33.5 Å². The minimum atomic E-state index is -1.98. The molecule has 2 saturated carbocycles. The van der Waals surface area contributed by atoms with Gasteiger partial charge in [-0.2, -0.15) is 0 Å². The van der Waals surface area contributed by atoms with Crippen LogP contribution in [0.2, 0.25) is 0 Å². The Morgan fingerprint density at radius 2 is 1.18 bits per heavy atom. The summed E-state index contributed by atoms with van der Waals surface area (Å²) in [5, 5.41) is 165. The minimum Gasteiger partial charge on any atom is -0.396 e. The van der Waals surface area contributed by atoms with Crippen LogP contribution < -0.4 is 0 Å². The molecule has 6 saturated heterocycles. The van der Waals surface area contributed by atoms with Crippen LogP contribution >= 0.6 is 0 Å². The second kappa shape index (κ2) is 24.9. The Kier molecular flexibility index (Phi) is 19.3. The Bertz CT molecular complexity index is 2310. The molecule has 1 spiro atoms. The van der Waals surface area contributed by atoms with Crippen molar-refractivity contribution in [3.63, 3.8) is 0 Å². The van der Waals surface area contributed by atoms with E-state index in [0.717, 1.165) is 25.7 Å². The summed E-state index contributed by atoms with van der Waals surface area (Å²) in [6.07, 6.45) is -35.4. The quantitative estimate of drug-likeness (QED) is 0.0655. The zero-order valence-electron chi connectivity index (χ0n) is 48.5. The van der Waals surface area contributed by atoms with Crippen LogP contribution in [0.15, 0.2) is 11.1 Å². The molecular weight excluding hydrogens is 1120 g/mol. The average Bonchev–Trinajstić information content (AvgIpc) is 1.44. The van der Waals surface area contributed by atoms with Crippen LogP contribution in [0.25, 0.3) is 0 Å². The molecule has 6 aliphatic heterocycles. The zero-order valence-corrected chi connectivity index (χ0v) is 48.5. The SMILES string of the molecule is CCC(=O)C1CC(C)C2(CCC3(C)C4=C(CCC32C)C2(C)CCC(OC3OC(COC5OCC(O)C(O)C5OC5OC(CO)C(O)C(OC6OCC(O)C(O)C6O)C5OC5OC(C)C(O)C(O)C5O)C(O)C(O)C3O)C(CO)(CO)C2CC4)O1. The van der Waals surface area contributed by atoms with Crippen molar-refractivity contribution in [1.82, 2.24) is 0 Å². The maximum atomic E-state index is 13.0.